The Balaban J connectivity index is 1.34. The zero-order valence-corrected chi connectivity index (χ0v) is 16.8. The summed E-state index contributed by atoms with van der Waals surface area (Å²) in [6, 6.07) is 14.6. The maximum Gasteiger partial charge on any atom is 0.257 e. The highest BCUT2D eigenvalue weighted by molar-refractivity contribution is 6.30. The molecule has 1 aliphatic rings. The van der Waals surface area contributed by atoms with Crippen LogP contribution < -0.4 is 4.74 Å². The van der Waals surface area contributed by atoms with Crippen LogP contribution in [0.1, 0.15) is 16.2 Å². The van der Waals surface area contributed by atoms with E-state index in [1.54, 1.807) is 31.4 Å². The van der Waals surface area contributed by atoms with E-state index < -0.39 is 0 Å². The monoisotopic (exact) mass is 412 g/mol. The van der Waals surface area contributed by atoms with Gasteiger partial charge in [0, 0.05) is 36.8 Å². The molecule has 0 atom stereocenters. The lowest BCUT2D eigenvalue weighted by Crippen LogP contribution is -2.48. The third-order valence-corrected chi connectivity index (χ3v) is 5.18. The summed E-state index contributed by atoms with van der Waals surface area (Å²) < 4.78 is 10.7. The van der Waals surface area contributed by atoms with E-state index in [4.69, 9.17) is 20.9 Å². The zero-order valence-electron chi connectivity index (χ0n) is 16.0. The average Bonchev–Trinajstić information content (AvgIpc) is 3.22. The van der Waals surface area contributed by atoms with E-state index in [1.807, 2.05) is 29.2 Å². The van der Waals surface area contributed by atoms with Gasteiger partial charge in [0.15, 0.2) is 0 Å². The topological polar surface area (TPSA) is 71.7 Å². The third-order valence-electron chi connectivity index (χ3n) is 4.93. The first kappa shape index (κ1) is 19.4. The lowest BCUT2D eigenvalue weighted by molar-refractivity contribution is 0.0612. The van der Waals surface area contributed by atoms with Crippen molar-refractivity contribution in [1.82, 2.24) is 19.9 Å². The molecular formula is C21H21ClN4O3. The quantitative estimate of drug-likeness (QED) is 0.640. The zero-order chi connectivity index (χ0) is 20.2. The van der Waals surface area contributed by atoms with E-state index in [0.717, 1.165) is 18.7 Å². The van der Waals surface area contributed by atoms with Crippen molar-refractivity contribution in [2.24, 2.45) is 0 Å². The number of nitrogens with zero attached hydrogens (tertiary/aromatic N) is 4. The highest BCUT2D eigenvalue weighted by Gasteiger charge is 2.25. The van der Waals surface area contributed by atoms with Gasteiger partial charge in [0.2, 0.25) is 11.7 Å². The van der Waals surface area contributed by atoms with Gasteiger partial charge in [-0.2, -0.15) is 4.98 Å². The number of hydrogen-bond donors (Lipinski definition) is 0. The first-order valence-corrected chi connectivity index (χ1v) is 9.75. The molecule has 0 bridgehead atoms. The molecule has 2 aromatic carbocycles. The number of para-hydroxylation sites is 1. The number of carbonyl (C=O) groups excluding carboxylic acids is 1. The molecule has 150 valence electrons. The lowest BCUT2D eigenvalue weighted by atomic mass is 10.1. The van der Waals surface area contributed by atoms with Crippen LogP contribution in [0.4, 0.5) is 0 Å². The van der Waals surface area contributed by atoms with Crippen LogP contribution in [0.25, 0.3) is 11.4 Å². The van der Waals surface area contributed by atoms with Crippen molar-refractivity contribution in [3.63, 3.8) is 0 Å². The summed E-state index contributed by atoms with van der Waals surface area (Å²) in [6.07, 6.45) is 0. The number of hydrogen-bond acceptors (Lipinski definition) is 6. The minimum atomic E-state index is -0.00934. The van der Waals surface area contributed by atoms with Crippen LogP contribution in [-0.2, 0) is 6.54 Å². The molecule has 7 nitrogen and oxygen atoms in total. The molecule has 1 saturated heterocycles. The molecule has 3 aromatic rings. The number of amides is 1. The minimum absolute atomic E-state index is 0.00934. The SMILES string of the molecule is COc1ccccc1C(=O)N1CCN(Cc2nc(-c3ccc(Cl)cc3)no2)CC1. The Morgan fingerprint density at radius 2 is 1.83 bits per heavy atom. The molecule has 0 saturated carbocycles. The van der Waals surface area contributed by atoms with E-state index in [-0.39, 0.29) is 5.91 Å². The minimum Gasteiger partial charge on any atom is -0.496 e. The molecule has 0 N–H and O–H groups in total. The fraction of sp³-hybridized carbons (Fsp3) is 0.286. The largest absolute Gasteiger partial charge is 0.496 e. The third kappa shape index (κ3) is 4.41. The predicted octanol–water partition coefficient (Wildman–Crippen LogP) is 3.36. The van der Waals surface area contributed by atoms with Gasteiger partial charge in [0.05, 0.1) is 19.2 Å². The fourth-order valence-electron chi connectivity index (χ4n) is 3.33. The van der Waals surface area contributed by atoms with E-state index in [1.165, 1.54) is 0 Å². The number of ether oxygens (including phenoxy) is 1. The Morgan fingerprint density at radius 1 is 1.10 bits per heavy atom. The van der Waals surface area contributed by atoms with Crippen LogP contribution in [0.15, 0.2) is 53.1 Å². The molecule has 29 heavy (non-hydrogen) atoms. The number of benzene rings is 2. The summed E-state index contributed by atoms with van der Waals surface area (Å²) in [5, 5.41) is 4.71. The Kier molecular flexibility index (Phi) is 5.78. The van der Waals surface area contributed by atoms with Gasteiger partial charge < -0.3 is 14.2 Å². The second kappa shape index (κ2) is 8.63. The first-order chi connectivity index (χ1) is 14.1. The van der Waals surface area contributed by atoms with Crippen molar-refractivity contribution in [3.8, 4) is 17.1 Å². The Hall–Kier alpha value is -2.90. The van der Waals surface area contributed by atoms with E-state index in [0.29, 0.717) is 47.7 Å². The van der Waals surface area contributed by atoms with Crippen molar-refractivity contribution in [1.29, 1.82) is 0 Å². The van der Waals surface area contributed by atoms with Crippen molar-refractivity contribution in [3.05, 3.63) is 65.0 Å². The van der Waals surface area contributed by atoms with Crippen molar-refractivity contribution in [2.75, 3.05) is 33.3 Å². The molecule has 4 rings (SSSR count). The summed E-state index contributed by atoms with van der Waals surface area (Å²) in [7, 11) is 1.58. The van der Waals surface area contributed by atoms with Crippen molar-refractivity contribution in [2.45, 2.75) is 6.54 Å². The standard InChI is InChI=1S/C21H21ClN4O3/c1-28-18-5-3-2-4-17(18)21(27)26-12-10-25(11-13-26)14-19-23-20(24-29-19)15-6-8-16(22)9-7-15/h2-9H,10-14H2,1H3. The van der Waals surface area contributed by atoms with Crippen molar-refractivity contribution >= 4 is 17.5 Å². The molecule has 8 heteroatoms. The second-order valence-electron chi connectivity index (χ2n) is 6.79. The van der Waals surface area contributed by atoms with Gasteiger partial charge in [-0.1, -0.05) is 28.9 Å². The molecule has 0 aliphatic carbocycles. The summed E-state index contributed by atoms with van der Waals surface area (Å²) in [5.41, 5.74) is 1.45. The van der Waals surface area contributed by atoms with E-state index >= 15 is 0 Å². The van der Waals surface area contributed by atoms with Crippen LogP contribution in [-0.4, -0.2) is 59.1 Å². The maximum absolute atomic E-state index is 12.8. The van der Waals surface area contributed by atoms with Crippen LogP contribution in [0, 0.1) is 0 Å². The summed E-state index contributed by atoms with van der Waals surface area (Å²) in [5.74, 6) is 1.69. The molecule has 1 fully saturated rings. The normalized spacial score (nSPS) is 14.8. The molecule has 2 heterocycles. The molecule has 1 aromatic heterocycles. The van der Waals surface area contributed by atoms with Gasteiger partial charge in [-0.15, -0.1) is 0 Å². The molecule has 1 amide bonds. The van der Waals surface area contributed by atoms with E-state index in [9.17, 15) is 4.79 Å². The van der Waals surface area contributed by atoms with Crippen LogP contribution in [0.5, 0.6) is 5.75 Å². The molecule has 0 spiro atoms. The van der Waals surface area contributed by atoms with Crippen LogP contribution in [0.3, 0.4) is 0 Å². The Bertz CT molecular complexity index is 982. The number of carbonyl (C=O) groups is 1. The second-order valence-corrected chi connectivity index (χ2v) is 7.22. The average molecular weight is 413 g/mol. The lowest BCUT2D eigenvalue weighted by Gasteiger charge is -2.34. The smallest absolute Gasteiger partial charge is 0.257 e. The van der Waals surface area contributed by atoms with Gasteiger partial charge in [0.25, 0.3) is 5.91 Å². The van der Waals surface area contributed by atoms with E-state index in [2.05, 4.69) is 15.0 Å². The molecule has 0 radical (unpaired) electrons. The molecule has 0 unspecified atom stereocenters. The predicted molar refractivity (Wildman–Crippen MR) is 109 cm³/mol. The van der Waals surface area contributed by atoms with Gasteiger partial charge >= 0.3 is 0 Å². The van der Waals surface area contributed by atoms with Gasteiger partial charge in [-0.3, -0.25) is 9.69 Å². The summed E-state index contributed by atoms with van der Waals surface area (Å²) >= 11 is 5.92. The Morgan fingerprint density at radius 3 is 2.55 bits per heavy atom. The summed E-state index contributed by atoms with van der Waals surface area (Å²) in [4.78, 5) is 21.3. The van der Waals surface area contributed by atoms with Crippen LogP contribution in [0.2, 0.25) is 5.02 Å². The highest BCUT2D eigenvalue weighted by atomic mass is 35.5. The molecular weight excluding hydrogens is 392 g/mol. The highest BCUT2D eigenvalue weighted by Crippen LogP contribution is 2.21. The number of rotatable bonds is 5. The first-order valence-electron chi connectivity index (χ1n) is 9.37. The van der Waals surface area contributed by atoms with Crippen LogP contribution >= 0.6 is 11.6 Å². The summed E-state index contributed by atoms with van der Waals surface area (Å²) in [6.45, 7) is 3.29. The number of piperazine rings is 1. The Labute approximate surface area is 173 Å². The number of aromatic nitrogens is 2. The fourth-order valence-corrected chi connectivity index (χ4v) is 3.45. The maximum atomic E-state index is 12.8. The van der Waals surface area contributed by atoms with Crippen molar-refractivity contribution < 1.29 is 14.1 Å². The number of methoxy groups -OCH3 is 1. The van der Waals surface area contributed by atoms with Gasteiger partial charge in [-0.05, 0) is 36.4 Å². The molecule has 1 aliphatic heterocycles. The van der Waals surface area contributed by atoms with Gasteiger partial charge in [-0.25, -0.2) is 0 Å². The van der Waals surface area contributed by atoms with Gasteiger partial charge in [0.1, 0.15) is 5.75 Å². The number of halogens is 1.